The SMILES string of the molecule is CCNC(=NCc1ccc(C(=O)N(CC)CC)cc1)N1CC[C@@H](O)C1.I. The molecule has 0 radical (unpaired) electrons. The van der Waals surface area contributed by atoms with E-state index in [1.54, 1.807) is 0 Å². The number of hydrogen-bond donors (Lipinski definition) is 2. The van der Waals surface area contributed by atoms with Crippen molar-refractivity contribution in [2.24, 2.45) is 4.99 Å². The molecular weight excluding hydrogens is 443 g/mol. The number of aliphatic imine (C=N–C) groups is 1. The van der Waals surface area contributed by atoms with Gasteiger partial charge in [-0.05, 0) is 44.9 Å². The molecule has 26 heavy (non-hydrogen) atoms. The van der Waals surface area contributed by atoms with Crippen molar-refractivity contribution in [1.82, 2.24) is 15.1 Å². The van der Waals surface area contributed by atoms with Crippen LogP contribution in [0.5, 0.6) is 0 Å². The van der Waals surface area contributed by atoms with E-state index in [0.717, 1.165) is 44.1 Å². The fraction of sp³-hybridized carbons (Fsp3) is 0.579. The van der Waals surface area contributed by atoms with E-state index in [0.29, 0.717) is 18.7 Å². The zero-order chi connectivity index (χ0) is 18.2. The van der Waals surface area contributed by atoms with Gasteiger partial charge in [-0.1, -0.05) is 12.1 Å². The van der Waals surface area contributed by atoms with Gasteiger partial charge in [-0.2, -0.15) is 0 Å². The molecule has 0 aromatic heterocycles. The Kier molecular flexibility index (Phi) is 9.93. The number of aliphatic hydroxyl groups is 1. The molecule has 1 aliphatic heterocycles. The van der Waals surface area contributed by atoms with Crippen molar-refractivity contribution >= 4 is 35.8 Å². The first-order valence-corrected chi connectivity index (χ1v) is 9.18. The maximum atomic E-state index is 12.3. The molecule has 1 aliphatic rings. The number of aliphatic hydroxyl groups excluding tert-OH is 1. The first kappa shape index (κ1) is 22.7. The van der Waals surface area contributed by atoms with Crippen LogP contribution in [0.3, 0.4) is 0 Å². The molecule has 7 heteroatoms. The molecule has 1 atom stereocenters. The van der Waals surface area contributed by atoms with Gasteiger partial charge in [-0.25, -0.2) is 4.99 Å². The topological polar surface area (TPSA) is 68.2 Å². The summed E-state index contributed by atoms with van der Waals surface area (Å²) in [4.78, 5) is 20.9. The van der Waals surface area contributed by atoms with E-state index in [9.17, 15) is 9.90 Å². The number of guanidine groups is 1. The van der Waals surface area contributed by atoms with E-state index in [2.05, 4.69) is 15.2 Å². The van der Waals surface area contributed by atoms with Crippen LogP contribution in [-0.2, 0) is 6.54 Å². The van der Waals surface area contributed by atoms with Crippen molar-refractivity contribution in [1.29, 1.82) is 0 Å². The van der Waals surface area contributed by atoms with Gasteiger partial charge in [0, 0.05) is 38.3 Å². The van der Waals surface area contributed by atoms with Crippen LogP contribution in [0.1, 0.15) is 43.1 Å². The molecule has 1 aromatic carbocycles. The number of likely N-dealkylation sites (tertiary alicyclic amines) is 1. The van der Waals surface area contributed by atoms with Crippen LogP contribution in [0.15, 0.2) is 29.3 Å². The molecule has 1 heterocycles. The van der Waals surface area contributed by atoms with Gasteiger partial charge in [0.15, 0.2) is 5.96 Å². The highest BCUT2D eigenvalue weighted by Crippen LogP contribution is 2.11. The van der Waals surface area contributed by atoms with E-state index in [1.165, 1.54) is 0 Å². The number of rotatable bonds is 6. The van der Waals surface area contributed by atoms with Gasteiger partial charge in [-0.15, -0.1) is 24.0 Å². The quantitative estimate of drug-likeness (QED) is 0.378. The van der Waals surface area contributed by atoms with Crippen molar-refractivity contribution in [2.75, 3.05) is 32.7 Å². The van der Waals surface area contributed by atoms with Crippen molar-refractivity contribution < 1.29 is 9.90 Å². The van der Waals surface area contributed by atoms with E-state index in [1.807, 2.05) is 49.9 Å². The maximum absolute atomic E-state index is 12.3. The zero-order valence-corrected chi connectivity index (χ0v) is 18.3. The molecular formula is C19H31IN4O2. The number of β-amino-alcohol motifs (C(OH)–C–C–N with tert-alkyl or cyclic N) is 1. The Labute approximate surface area is 173 Å². The lowest BCUT2D eigenvalue weighted by Gasteiger charge is -2.21. The Morgan fingerprint density at radius 2 is 1.92 bits per heavy atom. The van der Waals surface area contributed by atoms with Gasteiger partial charge in [0.05, 0.1) is 12.6 Å². The minimum atomic E-state index is -0.269. The Morgan fingerprint density at radius 1 is 1.27 bits per heavy atom. The Bertz CT molecular complexity index is 588. The minimum absolute atomic E-state index is 0. The molecule has 0 bridgehead atoms. The first-order chi connectivity index (χ1) is 12.1. The highest BCUT2D eigenvalue weighted by atomic mass is 127. The molecule has 2 N–H and O–H groups in total. The monoisotopic (exact) mass is 474 g/mol. The van der Waals surface area contributed by atoms with Gasteiger partial charge < -0.3 is 20.2 Å². The number of carbonyl (C=O) groups is 1. The summed E-state index contributed by atoms with van der Waals surface area (Å²) in [6.45, 7) is 10.2. The summed E-state index contributed by atoms with van der Waals surface area (Å²) in [6.07, 6.45) is 0.515. The number of benzene rings is 1. The first-order valence-electron chi connectivity index (χ1n) is 9.18. The average Bonchev–Trinajstić information content (AvgIpc) is 3.06. The van der Waals surface area contributed by atoms with Gasteiger partial charge >= 0.3 is 0 Å². The lowest BCUT2D eigenvalue weighted by molar-refractivity contribution is 0.0773. The van der Waals surface area contributed by atoms with Gasteiger partial charge in [0.1, 0.15) is 0 Å². The molecule has 0 aliphatic carbocycles. The average molecular weight is 474 g/mol. The maximum Gasteiger partial charge on any atom is 0.253 e. The fourth-order valence-corrected chi connectivity index (χ4v) is 2.97. The van der Waals surface area contributed by atoms with Crippen LogP contribution in [-0.4, -0.2) is 65.6 Å². The molecule has 0 saturated carbocycles. The molecule has 1 saturated heterocycles. The van der Waals surface area contributed by atoms with Crippen LogP contribution in [0.4, 0.5) is 0 Å². The van der Waals surface area contributed by atoms with Crippen molar-refractivity contribution in [3.05, 3.63) is 35.4 Å². The Balaban J connectivity index is 0.00000338. The van der Waals surface area contributed by atoms with Gasteiger partial charge in [0.2, 0.25) is 0 Å². The van der Waals surface area contributed by atoms with Gasteiger partial charge in [-0.3, -0.25) is 4.79 Å². The summed E-state index contributed by atoms with van der Waals surface area (Å²) in [5.74, 6) is 0.904. The molecule has 1 amide bonds. The lowest BCUT2D eigenvalue weighted by atomic mass is 10.1. The third-order valence-corrected chi connectivity index (χ3v) is 4.46. The van der Waals surface area contributed by atoms with E-state index >= 15 is 0 Å². The van der Waals surface area contributed by atoms with Crippen molar-refractivity contribution in [3.8, 4) is 0 Å². The summed E-state index contributed by atoms with van der Waals surface area (Å²) < 4.78 is 0. The normalized spacial score (nSPS) is 17.0. The second-order valence-corrected chi connectivity index (χ2v) is 6.23. The second kappa shape index (κ2) is 11.4. The van der Waals surface area contributed by atoms with Crippen molar-refractivity contribution in [3.63, 3.8) is 0 Å². The third-order valence-electron chi connectivity index (χ3n) is 4.46. The van der Waals surface area contributed by atoms with E-state index in [4.69, 9.17) is 0 Å². The largest absolute Gasteiger partial charge is 0.391 e. The van der Waals surface area contributed by atoms with Gasteiger partial charge in [0.25, 0.3) is 5.91 Å². The number of amides is 1. The third kappa shape index (κ3) is 6.12. The number of hydrogen-bond acceptors (Lipinski definition) is 3. The number of nitrogens with zero attached hydrogens (tertiary/aromatic N) is 3. The summed E-state index contributed by atoms with van der Waals surface area (Å²) >= 11 is 0. The highest BCUT2D eigenvalue weighted by Gasteiger charge is 2.22. The highest BCUT2D eigenvalue weighted by molar-refractivity contribution is 14.0. The second-order valence-electron chi connectivity index (χ2n) is 6.23. The zero-order valence-electron chi connectivity index (χ0n) is 15.9. The van der Waals surface area contributed by atoms with Crippen LogP contribution in [0.2, 0.25) is 0 Å². The summed E-state index contributed by atoms with van der Waals surface area (Å²) in [7, 11) is 0. The lowest BCUT2D eigenvalue weighted by Crippen LogP contribution is -2.40. The molecule has 0 spiro atoms. The van der Waals surface area contributed by atoms with Crippen LogP contribution >= 0.6 is 24.0 Å². The number of nitrogens with one attached hydrogen (secondary N) is 1. The van der Waals surface area contributed by atoms with E-state index in [-0.39, 0.29) is 36.0 Å². The minimum Gasteiger partial charge on any atom is -0.391 e. The molecule has 0 unspecified atom stereocenters. The molecule has 146 valence electrons. The van der Waals surface area contributed by atoms with E-state index < -0.39 is 0 Å². The number of halogens is 1. The standard InChI is InChI=1S/C19H30N4O2.HI/c1-4-20-19(23-12-11-17(24)14-23)21-13-15-7-9-16(10-8-15)18(25)22(5-2)6-3;/h7-10,17,24H,4-6,11-14H2,1-3H3,(H,20,21);1H/t17-;/m1./s1. The number of carbonyl (C=O) groups excluding carboxylic acids is 1. The molecule has 1 fully saturated rings. The summed E-state index contributed by atoms with van der Waals surface area (Å²) in [5, 5.41) is 13.0. The Morgan fingerprint density at radius 3 is 2.42 bits per heavy atom. The molecule has 6 nitrogen and oxygen atoms in total. The predicted molar refractivity (Wildman–Crippen MR) is 116 cm³/mol. The smallest absolute Gasteiger partial charge is 0.253 e. The molecule has 2 rings (SSSR count). The van der Waals surface area contributed by atoms with Crippen molar-refractivity contribution in [2.45, 2.75) is 39.8 Å². The Hall–Kier alpha value is -1.35. The molecule has 1 aromatic rings. The fourth-order valence-electron chi connectivity index (χ4n) is 2.97. The predicted octanol–water partition coefficient (Wildman–Crippen LogP) is 2.32. The summed E-state index contributed by atoms with van der Waals surface area (Å²) in [5.41, 5.74) is 1.78. The van der Waals surface area contributed by atoms with Crippen LogP contribution < -0.4 is 5.32 Å². The van der Waals surface area contributed by atoms with Crippen LogP contribution in [0.25, 0.3) is 0 Å². The summed E-state index contributed by atoms with van der Waals surface area (Å²) in [6, 6.07) is 7.67. The van der Waals surface area contributed by atoms with Crippen LogP contribution in [0, 0.1) is 0 Å².